The number of rotatable bonds is 1. The van der Waals surface area contributed by atoms with Crippen molar-refractivity contribution in [1.82, 2.24) is 14.9 Å². The van der Waals surface area contributed by atoms with Crippen LogP contribution in [0.4, 0.5) is 5.95 Å². The number of benzene rings is 1. The lowest BCUT2D eigenvalue weighted by atomic mass is 10.1. The lowest BCUT2D eigenvalue weighted by Crippen LogP contribution is -2.36. The first-order valence-electron chi connectivity index (χ1n) is 6.28. The van der Waals surface area contributed by atoms with E-state index in [-0.39, 0.29) is 11.9 Å². The van der Waals surface area contributed by atoms with Gasteiger partial charge in [-0.3, -0.25) is 4.79 Å². The minimum Gasteiger partial charge on any atom is -0.368 e. The van der Waals surface area contributed by atoms with Crippen molar-refractivity contribution in [1.29, 1.82) is 0 Å². The van der Waals surface area contributed by atoms with Crippen LogP contribution >= 0.6 is 15.9 Å². The topological polar surface area (TPSA) is 72.1 Å². The first kappa shape index (κ1) is 13.1. The second kappa shape index (κ2) is 5.20. The van der Waals surface area contributed by atoms with Crippen molar-refractivity contribution in [2.45, 2.75) is 13.0 Å². The standard InChI is InChI=1S/C14H13BrN4O/c15-11-3-1-9(2-4-11)13(20)19-6-5-10-7-17-14(16)18-12(10)8-19/h1-4,7H,5-6,8H2,(H2,16,17,18). The Hall–Kier alpha value is -1.95. The Kier molecular flexibility index (Phi) is 3.40. The molecule has 0 bridgehead atoms. The predicted octanol–water partition coefficient (Wildman–Crippen LogP) is 2.02. The maximum absolute atomic E-state index is 12.4. The largest absolute Gasteiger partial charge is 0.368 e. The summed E-state index contributed by atoms with van der Waals surface area (Å²) in [5, 5.41) is 0. The molecule has 1 aliphatic rings. The molecule has 20 heavy (non-hydrogen) atoms. The van der Waals surface area contributed by atoms with Gasteiger partial charge in [-0.2, -0.15) is 0 Å². The van der Waals surface area contributed by atoms with E-state index in [0.717, 1.165) is 22.2 Å². The molecule has 6 heteroatoms. The van der Waals surface area contributed by atoms with Gasteiger partial charge in [-0.1, -0.05) is 15.9 Å². The molecule has 0 spiro atoms. The lowest BCUT2D eigenvalue weighted by Gasteiger charge is -2.28. The van der Waals surface area contributed by atoms with Gasteiger partial charge in [0.05, 0.1) is 12.2 Å². The van der Waals surface area contributed by atoms with Gasteiger partial charge in [0, 0.05) is 22.8 Å². The summed E-state index contributed by atoms with van der Waals surface area (Å²) in [6, 6.07) is 7.36. The quantitative estimate of drug-likeness (QED) is 0.867. The first-order chi connectivity index (χ1) is 9.63. The average Bonchev–Trinajstić information content (AvgIpc) is 2.46. The number of hydrogen-bond acceptors (Lipinski definition) is 4. The van der Waals surface area contributed by atoms with Crippen LogP contribution in [0.2, 0.25) is 0 Å². The molecule has 0 saturated heterocycles. The molecular weight excluding hydrogens is 320 g/mol. The molecule has 5 nitrogen and oxygen atoms in total. The van der Waals surface area contributed by atoms with Crippen LogP contribution in [0.15, 0.2) is 34.9 Å². The molecule has 0 radical (unpaired) electrons. The van der Waals surface area contributed by atoms with Crippen LogP contribution in [0.5, 0.6) is 0 Å². The van der Waals surface area contributed by atoms with Crippen LogP contribution in [-0.4, -0.2) is 27.3 Å². The Labute approximate surface area is 125 Å². The van der Waals surface area contributed by atoms with Crippen molar-refractivity contribution in [2.24, 2.45) is 0 Å². The number of nitrogens with two attached hydrogens (primary N) is 1. The fourth-order valence-electron chi connectivity index (χ4n) is 2.27. The molecule has 1 aliphatic heterocycles. The van der Waals surface area contributed by atoms with Crippen LogP contribution in [0.25, 0.3) is 0 Å². The number of anilines is 1. The van der Waals surface area contributed by atoms with E-state index in [1.54, 1.807) is 11.1 Å². The summed E-state index contributed by atoms with van der Waals surface area (Å²) in [7, 11) is 0. The second-order valence-corrected chi connectivity index (χ2v) is 5.60. The van der Waals surface area contributed by atoms with E-state index in [1.165, 1.54) is 0 Å². The summed E-state index contributed by atoms with van der Waals surface area (Å²) in [5.41, 5.74) is 8.19. The minimum atomic E-state index is 0.0142. The van der Waals surface area contributed by atoms with Crippen LogP contribution < -0.4 is 5.73 Å². The first-order valence-corrected chi connectivity index (χ1v) is 7.08. The number of fused-ring (bicyclic) bond motifs is 1. The zero-order chi connectivity index (χ0) is 14.1. The van der Waals surface area contributed by atoms with E-state index < -0.39 is 0 Å². The van der Waals surface area contributed by atoms with E-state index in [4.69, 9.17) is 5.73 Å². The van der Waals surface area contributed by atoms with Gasteiger partial charge in [-0.25, -0.2) is 9.97 Å². The molecule has 102 valence electrons. The minimum absolute atomic E-state index is 0.0142. The van der Waals surface area contributed by atoms with Gasteiger partial charge < -0.3 is 10.6 Å². The van der Waals surface area contributed by atoms with Gasteiger partial charge in [-0.15, -0.1) is 0 Å². The van der Waals surface area contributed by atoms with E-state index in [9.17, 15) is 4.79 Å². The number of nitrogen functional groups attached to an aromatic ring is 1. The maximum atomic E-state index is 12.4. The summed E-state index contributed by atoms with van der Waals surface area (Å²) >= 11 is 3.36. The Morgan fingerprint density at radius 3 is 2.80 bits per heavy atom. The predicted molar refractivity (Wildman–Crippen MR) is 79.0 cm³/mol. The van der Waals surface area contributed by atoms with Crippen molar-refractivity contribution >= 4 is 27.8 Å². The van der Waals surface area contributed by atoms with Gasteiger partial charge in [0.2, 0.25) is 5.95 Å². The number of aromatic nitrogens is 2. The Morgan fingerprint density at radius 2 is 2.05 bits per heavy atom. The highest BCUT2D eigenvalue weighted by molar-refractivity contribution is 9.10. The van der Waals surface area contributed by atoms with E-state index in [1.807, 2.05) is 24.3 Å². The highest BCUT2D eigenvalue weighted by Gasteiger charge is 2.23. The van der Waals surface area contributed by atoms with Crippen molar-refractivity contribution in [3.63, 3.8) is 0 Å². The monoisotopic (exact) mass is 332 g/mol. The third kappa shape index (κ3) is 2.51. The lowest BCUT2D eigenvalue weighted by molar-refractivity contribution is 0.0731. The summed E-state index contributed by atoms with van der Waals surface area (Å²) in [5.74, 6) is 0.266. The number of amides is 1. The molecular formula is C14H13BrN4O. The van der Waals surface area contributed by atoms with Gasteiger partial charge in [0.15, 0.2) is 0 Å². The van der Waals surface area contributed by atoms with Crippen LogP contribution in [0.1, 0.15) is 21.6 Å². The molecule has 3 rings (SSSR count). The van der Waals surface area contributed by atoms with E-state index in [0.29, 0.717) is 18.7 Å². The van der Waals surface area contributed by atoms with E-state index >= 15 is 0 Å². The zero-order valence-electron chi connectivity index (χ0n) is 10.7. The molecule has 0 atom stereocenters. The Bertz CT molecular complexity index is 657. The van der Waals surface area contributed by atoms with Crippen LogP contribution in [0, 0.1) is 0 Å². The van der Waals surface area contributed by atoms with Crippen LogP contribution in [0.3, 0.4) is 0 Å². The highest BCUT2D eigenvalue weighted by Crippen LogP contribution is 2.19. The molecule has 0 unspecified atom stereocenters. The van der Waals surface area contributed by atoms with Crippen molar-refractivity contribution in [2.75, 3.05) is 12.3 Å². The Morgan fingerprint density at radius 1 is 1.30 bits per heavy atom. The number of halogens is 1. The Balaban J connectivity index is 1.82. The molecule has 2 aromatic rings. The molecule has 1 aromatic heterocycles. The summed E-state index contributed by atoms with van der Waals surface area (Å²) in [4.78, 5) is 22.4. The summed E-state index contributed by atoms with van der Waals surface area (Å²) in [6.45, 7) is 1.16. The SMILES string of the molecule is Nc1ncc2c(n1)CN(C(=O)c1ccc(Br)cc1)CC2. The smallest absolute Gasteiger partial charge is 0.254 e. The fourth-order valence-corrected chi connectivity index (χ4v) is 2.53. The third-order valence-corrected chi connectivity index (χ3v) is 3.87. The number of carbonyl (C=O) groups excluding carboxylic acids is 1. The molecule has 1 aromatic carbocycles. The van der Waals surface area contributed by atoms with Crippen molar-refractivity contribution in [3.8, 4) is 0 Å². The van der Waals surface area contributed by atoms with E-state index in [2.05, 4.69) is 25.9 Å². The molecule has 2 N–H and O–H groups in total. The molecule has 0 fully saturated rings. The third-order valence-electron chi connectivity index (χ3n) is 3.34. The molecule has 0 saturated carbocycles. The summed E-state index contributed by atoms with van der Waals surface area (Å²) < 4.78 is 0.957. The van der Waals surface area contributed by atoms with Gasteiger partial charge >= 0.3 is 0 Å². The zero-order valence-corrected chi connectivity index (χ0v) is 12.3. The highest BCUT2D eigenvalue weighted by atomic mass is 79.9. The second-order valence-electron chi connectivity index (χ2n) is 4.68. The van der Waals surface area contributed by atoms with Gasteiger partial charge in [0.1, 0.15) is 0 Å². The maximum Gasteiger partial charge on any atom is 0.254 e. The van der Waals surface area contributed by atoms with Gasteiger partial charge in [0.25, 0.3) is 5.91 Å². The molecule has 2 heterocycles. The number of hydrogen-bond donors (Lipinski definition) is 1. The van der Waals surface area contributed by atoms with Gasteiger partial charge in [-0.05, 0) is 36.2 Å². The van der Waals surface area contributed by atoms with Crippen molar-refractivity contribution in [3.05, 3.63) is 51.8 Å². The van der Waals surface area contributed by atoms with Crippen LogP contribution in [-0.2, 0) is 13.0 Å². The normalized spacial score (nSPS) is 13.9. The molecule has 1 amide bonds. The number of carbonyl (C=O) groups is 1. The number of nitrogens with zero attached hydrogens (tertiary/aromatic N) is 3. The molecule has 0 aliphatic carbocycles. The summed E-state index contributed by atoms with van der Waals surface area (Å²) in [6.07, 6.45) is 2.51. The fraction of sp³-hybridized carbons (Fsp3) is 0.214. The van der Waals surface area contributed by atoms with Crippen molar-refractivity contribution < 1.29 is 4.79 Å². The average molecular weight is 333 g/mol.